The third-order valence-corrected chi connectivity index (χ3v) is 2.58. The van der Waals surface area contributed by atoms with Crippen molar-refractivity contribution in [1.29, 1.82) is 0 Å². The van der Waals surface area contributed by atoms with Crippen LogP contribution in [0.15, 0.2) is 41.4 Å². The van der Waals surface area contributed by atoms with Crippen LogP contribution in [0.3, 0.4) is 0 Å². The SMILES string of the molecule is O=S([O-])c1ccc2c(c1)NC=CC=C2. The fraction of sp³-hybridized carbons (Fsp3) is 0. The lowest BCUT2D eigenvalue weighted by Crippen LogP contribution is -1.94. The molecular formula is C10H8NO2S-. The van der Waals surface area contributed by atoms with E-state index in [1.54, 1.807) is 24.4 Å². The Kier molecular flexibility index (Phi) is 2.47. The average molecular weight is 206 g/mol. The Labute approximate surface area is 84.4 Å². The van der Waals surface area contributed by atoms with Gasteiger partial charge in [0.2, 0.25) is 0 Å². The minimum Gasteiger partial charge on any atom is -0.768 e. The van der Waals surface area contributed by atoms with Gasteiger partial charge in [0.1, 0.15) is 0 Å². The van der Waals surface area contributed by atoms with Gasteiger partial charge in [-0.05, 0) is 34.9 Å². The molecule has 1 heterocycles. The fourth-order valence-electron chi connectivity index (χ4n) is 1.26. The highest BCUT2D eigenvalue weighted by atomic mass is 32.2. The maximum atomic E-state index is 10.7. The first-order valence-corrected chi connectivity index (χ1v) is 5.18. The number of anilines is 1. The number of hydrogen-bond acceptors (Lipinski definition) is 3. The smallest absolute Gasteiger partial charge is 0.0465 e. The van der Waals surface area contributed by atoms with Crippen molar-refractivity contribution in [2.75, 3.05) is 5.32 Å². The Morgan fingerprint density at radius 2 is 2.14 bits per heavy atom. The van der Waals surface area contributed by atoms with E-state index in [2.05, 4.69) is 5.32 Å². The summed E-state index contributed by atoms with van der Waals surface area (Å²) >= 11 is -2.17. The highest BCUT2D eigenvalue weighted by Gasteiger charge is 2.01. The molecule has 1 aromatic rings. The second-order valence-electron chi connectivity index (χ2n) is 2.85. The zero-order valence-corrected chi connectivity index (χ0v) is 8.08. The highest BCUT2D eigenvalue weighted by Crippen LogP contribution is 2.22. The molecule has 3 nitrogen and oxygen atoms in total. The van der Waals surface area contributed by atoms with Crippen molar-refractivity contribution >= 4 is 22.8 Å². The van der Waals surface area contributed by atoms with Crippen molar-refractivity contribution in [3.63, 3.8) is 0 Å². The lowest BCUT2D eigenvalue weighted by molar-refractivity contribution is 0.537. The molecule has 0 aromatic heterocycles. The topological polar surface area (TPSA) is 52.2 Å². The lowest BCUT2D eigenvalue weighted by Gasteiger charge is -2.09. The highest BCUT2D eigenvalue weighted by molar-refractivity contribution is 7.79. The van der Waals surface area contributed by atoms with E-state index in [-0.39, 0.29) is 0 Å². The van der Waals surface area contributed by atoms with Crippen LogP contribution in [0.2, 0.25) is 0 Å². The molecule has 0 radical (unpaired) electrons. The summed E-state index contributed by atoms with van der Waals surface area (Å²) < 4.78 is 21.4. The maximum absolute atomic E-state index is 10.7. The summed E-state index contributed by atoms with van der Waals surface area (Å²) in [6.45, 7) is 0. The molecule has 0 spiro atoms. The predicted molar refractivity (Wildman–Crippen MR) is 55.4 cm³/mol. The Hall–Kier alpha value is -1.39. The normalized spacial score (nSPS) is 15.5. The monoisotopic (exact) mass is 206 g/mol. The van der Waals surface area contributed by atoms with Gasteiger partial charge < -0.3 is 9.87 Å². The number of hydrogen-bond donors (Lipinski definition) is 1. The Morgan fingerprint density at radius 1 is 1.29 bits per heavy atom. The molecule has 0 saturated carbocycles. The third-order valence-electron chi connectivity index (χ3n) is 1.94. The first-order valence-electron chi connectivity index (χ1n) is 4.10. The molecule has 0 aliphatic carbocycles. The molecule has 1 aliphatic heterocycles. The summed E-state index contributed by atoms with van der Waals surface area (Å²) in [6, 6.07) is 4.97. The average Bonchev–Trinajstić information content (AvgIpc) is 2.41. The summed E-state index contributed by atoms with van der Waals surface area (Å²) in [7, 11) is 0. The third kappa shape index (κ3) is 1.76. The fourth-order valence-corrected chi connectivity index (χ4v) is 1.66. The first-order chi connectivity index (χ1) is 6.77. The number of allylic oxidation sites excluding steroid dienone is 2. The Bertz CT molecular complexity index is 438. The van der Waals surface area contributed by atoms with Gasteiger partial charge >= 0.3 is 0 Å². The molecule has 0 fully saturated rings. The minimum atomic E-state index is -2.17. The van der Waals surface area contributed by atoms with Crippen LogP contribution >= 0.6 is 0 Å². The summed E-state index contributed by atoms with van der Waals surface area (Å²) in [5.41, 5.74) is 1.78. The molecule has 1 N–H and O–H groups in total. The molecule has 4 heteroatoms. The molecule has 2 rings (SSSR count). The van der Waals surface area contributed by atoms with Gasteiger partial charge in [-0.15, -0.1) is 0 Å². The van der Waals surface area contributed by atoms with E-state index < -0.39 is 11.1 Å². The van der Waals surface area contributed by atoms with Crippen LogP contribution in [0.25, 0.3) is 6.08 Å². The zero-order valence-electron chi connectivity index (χ0n) is 7.27. The Balaban J connectivity index is 2.49. The van der Waals surface area contributed by atoms with Crippen LogP contribution in [0, 0.1) is 0 Å². The van der Waals surface area contributed by atoms with Crippen LogP contribution < -0.4 is 5.32 Å². The van der Waals surface area contributed by atoms with Gasteiger partial charge in [0.15, 0.2) is 0 Å². The van der Waals surface area contributed by atoms with E-state index in [9.17, 15) is 8.76 Å². The number of benzene rings is 1. The Morgan fingerprint density at radius 3 is 2.93 bits per heavy atom. The molecule has 1 unspecified atom stereocenters. The molecule has 14 heavy (non-hydrogen) atoms. The minimum absolute atomic E-state index is 0.292. The predicted octanol–water partition coefficient (Wildman–Crippen LogP) is 1.88. The first kappa shape index (κ1) is 9.18. The molecule has 1 aromatic carbocycles. The summed E-state index contributed by atoms with van der Waals surface area (Å²) in [5, 5.41) is 3.00. The summed E-state index contributed by atoms with van der Waals surface area (Å²) in [5.74, 6) is 0. The quantitative estimate of drug-likeness (QED) is 0.714. The standard InChI is InChI=1S/C10H9NO2S/c12-14(13)9-5-4-8-3-1-2-6-11-10(8)7-9/h1-7,11H,(H,12,13)/p-1. The van der Waals surface area contributed by atoms with Crippen molar-refractivity contribution in [3.05, 3.63) is 42.1 Å². The molecule has 0 amide bonds. The summed E-state index contributed by atoms with van der Waals surface area (Å²) in [4.78, 5) is 0.292. The summed E-state index contributed by atoms with van der Waals surface area (Å²) in [6.07, 6.45) is 7.43. The van der Waals surface area contributed by atoms with Gasteiger partial charge in [0.25, 0.3) is 0 Å². The number of rotatable bonds is 1. The van der Waals surface area contributed by atoms with E-state index >= 15 is 0 Å². The molecule has 1 atom stereocenters. The van der Waals surface area contributed by atoms with Crippen molar-refractivity contribution < 1.29 is 8.76 Å². The van der Waals surface area contributed by atoms with Crippen LogP contribution in [-0.4, -0.2) is 8.76 Å². The largest absolute Gasteiger partial charge is 0.768 e. The van der Waals surface area contributed by atoms with Crippen molar-refractivity contribution in [2.45, 2.75) is 4.90 Å². The van der Waals surface area contributed by atoms with E-state index in [4.69, 9.17) is 0 Å². The zero-order chi connectivity index (χ0) is 9.97. The number of fused-ring (bicyclic) bond motifs is 1. The molecule has 1 aliphatic rings. The molecular weight excluding hydrogens is 198 g/mol. The molecule has 72 valence electrons. The van der Waals surface area contributed by atoms with Crippen LogP contribution in [-0.2, 0) is 11.1 Å². The maximum Gasteiger partial charge on any atom is 0.0465 e. The number of nitrogens with one attached hydrogen (secondary N) is 1. The van der Waals surface area contributed by atoms with Gasteiger partial charge in [-0.25, -0.2) is 0 Å². The van der Waals surface area contributed by atoms with Crippen LogP contribution in [0.4, 0.5) is 5.69 Å². The van der Waals surface area contributed by atoms with E-state index in [0.29, 0.717) is 4.90 Å². The van der Waals surface area contributed by atoms with Crippen molar-refractivity contribution in [3.8, 4) is 0 Å². The van der Waals surface area contributed by atoms with Crippen LogP contribution in [0.5, 0.6) is 0 Å². The second kappa shape index (κ2) is 3.77. The lowest BCUT2D eigenvalue weighted by atomic mass is 10.2. The van der Waals surface area contributed by atoms with E-state index in [1.165, 1.54) is 0 Å². The van der Waals surface area contributed by atoms with Crippen molar-refractivity contribution in [2.24, 2.45) is 0 Å². The van der Waals surface area contributed by atoms with Gasteiger partial charge in [0.05, 0.1) is 0 Å². The van der Waals surface area contributed by atoms with Gasteiger partial charge in [-0.3, -0.25) is 4.21 Å². The van der Waals surface area contributed by atoms with Gasteiger partial charge in [0, 0.05) is 16.8 Å². The van der Waals surface area contributed by atoms with Gasteiger partial charge in [-0.2, -0.15) is 0 Å². The van der Waals surface area contributed by atoms with Crippen molar-refractivity contribution in [1.82, 2.24) is 0 Å². The van der Waals surface area contributed by atoms with E-state index in [0.717, 1.165) is 11.3 Å². The molecule has 0 bridgehead atoms. The van der Waals surface area contributed by atoms with Gasteiger partial charge in [-0.1, -0.05) is 18.2 Å². The van der Waals surface area contributed by atoms with E-state index in [1.807, 2.05) is 18.2 Å². The second-order valence-corrected chi connectivity index (χ2v) is 3.79. The van der Waals surface area contributed by atoms with Crippen LogP contribution in [0.1, 0.15) is 5.56 Å². The molecule has 0 saturated heterocycles.